The Hall–Kier alpha value is -1.07. The topological polar surface area (TPSA) is 70.6 Å². The minimum atomic E-state index is 0.295. The third-order valence-corrected chi connectivity index (χ3v) is 3.19. The molecule has 0 unspecified atom stereocenters. The first-order chi connectivity index (χ1) is 7.24. The molecule has 15 heavy (non-hydrogen) atoms. The van der Waals surface area contributed by atoms with Gasteiger partial charge in [0.1, 0.15) is 5.84 Å². The molecule has 0 aliphatic rings. The second-order valence-electron chi connectivity index (χ2n) is 3.40. The summed E-state index contributed by atoms with van der Waals surface area (Å²) in [5, 5.41) is 16.7. The molecule has 0 aliphatic heterocycles. The Morgan fingerprint density at radius 1 is 1.67 bits per heavy atom. The summed E-state index contributed by atoms with van der Waals surface area (Å²) in [5.41, 5.74) is 6.69. The number of oxime groups is 1. The highest BCUT2D eigenvalue weighted by Crippen LogP contribution is 2.14. The molecule has 0 radical (unpaired) electrons. The number of thiophene rings is 1. The quantitative estimate of drug-likeness (QED) is 0.228. The molecule has 4 nitrogen and oxygen atoms in total. The third-order valence-electron chi connectivity index (χ3n) is 2.17. The molecule has 0 saturated carbocycles. The van der Waals surface area contributed by atoms with E-state index in [1.54, 1.807) is 11.3 Å². The second-order valence-corrected chi connectivity index (χ2v) is 4.40. The minimum absolute atomic E-state index is 0.295. The molecule has 1 rings (SSSR count). The highest BCUT2D eigenvalue weighted by Gasteiger charge is 1.98. The number of rotatable bonds is 6. The summed E-state index contributed by atoms with van der Waals surface area (Å²) in [6.45, 7) is 3.90. The Labute approximate surface area is 93.8 Å². The first kappa shape index (κ1) is 12.0. The van der Waals surface area contributed by atoms with Crippen molar-refractivity contribution in [2.45, 2.75) is 26.3 Å². The largest absolute Gasteiger partial charge is 0.409 e. The summed E-state index contributed by atoms with van der Waals surface area (Å²) >= 11 is 1.77. The van der Waals surface area contributed by atoms with Crippen LogP contribution in [-0.2, 0) is 6.54 Å². The van der Waals surface area contributed by atoms with Gasteiger partial charge in [-0.15, -0.1) is 11.3 Å². The van der Waals surface area contributed by atoms with Gasteiger partial charge in [0.15, 0.2) is 0 Å². The van der Waals surface area contributed by atoms with Crippen LogP contribution in [0.3, 0.4) is 0 Å². The monoisotopic (exact) mass is 227 g/mol. The van der Waals surface area contributed by atoms with Crippen molar-refractivity contribution in [3.05, 3.63) is 21.9 Å². The average molecular weight is 227 g/mol. The van der Waals surface area contributed by atoms with Crippen molar-refractivity contribution >= 4 is 17.2 Å². The van der Waals surface area contributed by atoms with E-state index >= 15 is 0 Å². The number of nitrogens with two attached hydrogens (primary N) is 1. The minimum Gasteiger partial charge on any atom is -0.409 e. The van der Waals surface area contributed by atoms with E-state index in [0.29, 0.717) is 12.3 Å². The van der Waals surface area contributed by atoms with Gasteiger partial charge in [-0.2, -0.15) is 0 Å². The molecule has 5 heteroatoms. The molecule has 0 amide bonds. The zero-order valence-corrected chi connectivity index (χ0v) is 9.68. The number of hydrogen-bond acceptors (Lipinski definition) is 4. The molecule has 0 aliphatic carbocycles. The van der Waals surface area contributed by atoms with Crippen LogP contribution in [0.1, 0.15) is 23.3 Å². The maximum atomic E-state index is 8.32. The molecule has 1 aromatic heterocycles. The standard InChI is InChI=1S/C10H17N3OS/c1-8-4-6-15-9(8)7-12-5-2-3-10(11)13-14/h4,6,12,14H,2-3,5,7H2,1H3,(H2,11,13). The molecule has 0 bridgehead atoms. The lowest BCUT2D eigenvalue weighted by molar-refractivity contribution is 0.316. The van der Waals surface area contributed by atoms with Crippen molar-refractivity contribution < 1.29 is 5.21 Å². The molecule has 0 atom stereocenters. The lowest BCUT2D eigenvalue weighted by Gasteiger charge is -2.03. The summed E-state index contributed by atoms with van der Waals surface area (Å²) < 4.78 is 0. The first-order valence-electron chi connectivity index (χ1n) is 4.94. The van der Waals surface area contributed by atoms with Crippen molar-refractivity contribution in [1.82, 2.24) is 5.32 Å². The fourth-order valence-electron chi connectivity index (χ4n) is 1.23. The Kier molecular flexibility index (Phi) is 5.14. The number of amidine groups is 1. The summed E-state index contributed by atoms with van der Waals surface area (Å²) in [6.07, 6.45) is 1.52. The van der Waals surface area contributed by atoms with Gasteiger partial charge in [-0.3, -0.25) is 0 Å². The lowest BCUT2D eigenvalue weighted by Crippen LogP contribution is -2.18. The Morgan fingerprint density at radius 2 is 2.47 bits per heavy atom. The summed E-state index contributed by atoms with van der Waals surface area (Å²) in [7, 11) is 0. The van der Waals surface area contributed by atoms with Gasteiger partial charge >= 0.3 is 0 Å². The van der Waals surface area contributed by atoms with Crippen molar-refractivity contribution in [3.63, 3.8) is 0 Å². The number of nitrogens with one attached hydrogen (secondary N) is 1. The number of nitrogens with zero attached hydrogens (tertiary/aromatic N) is 1. The molecular formula is C10H17N3OS. The summed E-state index contributed by atoms with van der Waals surface area (Å²) in [4.78, 5) is 1.37. The predicted octanol–water partition coefficient (Wildman–Crippen LogP) is 1.67. The third kappa shape index (κ3) is 4.31. The van der Waals surface area contributed by atoms with Gasteiger partial charge in [-0.1, -0.05) is 5.16 Å². The van der Waals surface area contributed by atoms with Crippen LogP contribution in [0.25, 0.3) is 0 Å². The highest BCUT2D eigenvalue weighted by atomic mass is 32.1. The van der Waals surface area contributed by atoms with Gasteiger partial charge in [0, 0.05) is 17.8 Å². The van der Waals surface area contributed by atoms with E-state index in [-0.39, 0.29) is 0 Å². The molecule has 0 aromatic carbocycles. The smallest absolute Gasteiger partial charge is 0.139 e. The van der Waals surface area contributed by atoms with E-state index in [4.69, 9.17) is 10.9 Å². The average Bonchev–Trinajstić information content (AvgIpc) is 2.63. The number of hydrogen-bond donors (Lipinski definition) is 3. The molecule has 1 aromatic rings. The summed E-state index contributed by atoms with van der Waals surface area (Å²) in [6, 6.07) is 2.12. The summed E-state index contributed by atoms with van der Waals surface area (Å²) in [5.74, 6) is 0.295. The van der Waals surface area contributed by atoms with Gasteiger partial charge in [-0.05, 0) is 36.9 Å². The SMILES string of the molecule is Cc1ccsc1CNCCCC(N)=NO. The van der Waals surface area contributed by atoms with Crippen LogP contribution in [0.5, 0.6) is 0 Å². The van der Waals surface area contributed by atoms with Crippen molar-refractivity contribution in [2.75, 3.05) is 6.54 Å². The van der Waals surface area contributed by atoms with Crippen LogP contribution in [0, 0.1) is 6.92 Å². The highest BCUT2D eigenvalue weighted by molar-refractivity contribution is 7.10. The zero-order valence-electron chi connectivity index (χ0n) is 8.86. The molecule has 1 heterocycles. The predicted molar refractivity (Wildman–Crippen MR) is 63.4 cm³/mol. The Morgan fingerprint density at radius 3 is 3.07 bits per heavy atom. The van der Waals surface area contributed by atoms with Crippen LogP contribution in [0.2, 0.25) is 0 Å². The van der Waals surface area contributed by atoms with Gasteiger partial charge in [0.25, 0.3) is 0 Å². The van der Waals surface area contributed by atoms with E-state index in [1.165, 1.54) is 10.4 Å². The van der Waals surface area contributed by atoms with Crippen LogP contribution in [0.15, 0.2) is 16.6 Å². The maximum Gasteiger partial charge on any atom is 0.139 e. The molecule has 0 fully saturated rings. The lowest BCUT2D eigenvalue weighted by atomic mass is 10.2. The van der Waals surface area contributed by atoms with Crippen LogP contribution >= 0.6 is 11.3 Å². The van der Waals surface area contributed by atoms with Crippen LogP contribution < -0.4 is 11.1 Å². The van der Waals surface area contributed by atoms with E-state index in [2.05, 4.69) is 28.8 Å². The van der Waals surface area contributed by atoms with Gasteiger partial charge in [0.2, 0.25) is 0 Å². The van der Waals surface area contributed by atoms with E-state index in [0.717, 1.165) is 19.5 Å². The van der Waals surface area contributed by atoms with E-state index in [1.807, 2.05) is 0 Å². The van der Waals surface area contributed by atoms with Gasteiger partial charge in [0.05, 0.1) is 0 Å². The first-order valence-corrected chi connectivity index (χ1v) is 5.82. The second kappa shape index (κ2) is 6.42. The zero-order chi connectivity index (χ0) is 11.1. The van der Waals surface area contributed by atoms with E-state index < -0.39 is 0 Å². The Balaban J connectivity index is 2.10. The molecule has 4 N–H and O–H groups in total. The molecule has 0 spiro atoms. The van der Waals surface area contributed by atoms with E-state index in [9.17, 15) is 0 Å². The number of aryl methyl sites for hydroxylation is 1. The van der Waals surface area contributed by atoms with Crippen molar-refractivity contribution in [2.24, 2.45) is 10.9 Å². The maximum absolute atomic E-state index is 8.32. The van der Waals surface area contributed by atoms with Crippen LogP contribution in [0.4, 0.5) is 0 Å². The fourth-order valence-corrected chi connectivity index (χ4v) is 2.11. The van der Waals surface area contributed by atoms with Gasteiger partial charge in [-0.25, -0.2) is 0 Å². The van der Waals surface area contributed by atoms with Gasteiger partial charge < -0.3 is 16.3 Å². The molecular weight excluding hydrogens is 210 g/mol. The van der Waals surface area contributed by atoms with Crippen LogP contribution in [-0.4, -0.2) is 17.6 Å². The fraction of sp³-hybridized carbons (Fsp3) is 0.500. The molecule has 84 valence electrons. The van der Waals surface area contributed by atoms with Crippen molar-refractivity contribution in [1.29, 1.82) is 0 Å². The Bertz CT molecular complexity index is 322. The van der Waals surface area contributed by atoms with Crippen molar-refractivity contribution in [3.8, 4) is 0 Å². The molecule has 0 saturated heterocycles. The normalized spacial score (nSPS) is 11.9.